The molecule has 1 N–H and O–H groups in total. The van der Waals surface area contributed by atoms with Crippen LogP contribution in [0.3, 0.4) is 0 Å². The smallest absolute Gasteiger partial charge is 0.119 e. The summed E-state index contributed by atoms with van der Waals surface area (Å²) in [4.78, 5) is 0. The molecule has 0 aromatic heterocycles. The molecule has 0 aliphatic carbocycles. The van der Waals surface area contributed by atoms with Gasteiger partial charge in [-0.15, -0.1) is 0 Å². The van der Waals surface area contributed by atoms with Crippen molar-refractivity contribution in [2.24, 2.45) is 0 Å². The monoisotopic (exact) mass is 252 g/mol. The third-order valence-corrected chi connectivity index (χ3v) is 2.72. The predicted octanol–water partition coefficient (Wildman–Crippen LogP) is 3.57. The number of hydrogen-bond acceptors (Lipinski definition) is 3. The van der Waals surface area contributed by atoms with Crippen molar-refractivity contribution in [2.45, 2.75) is 13.5 Å². The van der Waals surface area contributed by atoms with Crippen LogP contribution in [0.4, 0.5) is 5.69 Å². The van der Waals surface area contributed by atoms with Crippen LogP contribution in [0.25, 0.3) is 0 Å². The molecule has 96 valence electrons. The van der Waals surface area contributed by atoms with Crippen molar-refractivity contribution in [3.63, 3.8) is 0 Å². The summed E-state index contributed by atoms with van der Waals surface area (Å²) in [6.45, 7) is 3.37. The minimum absolute atomic E-state index is 0.664. The first kappa shape index (κ1) is 13.0. The van der Waals surface area contributed by atoms with E-state index in [0.29, 0.717) is 12.2 Å². The molecule has 0 bridgehead atoms. The fraction of sp³-hybridized carbons (Fsp3) is 0.188. The fourth-order valence-electron chi connectivity index (χ4n) is 1.77. The van der Waals surface area contributed by atoms with Crippen LogP contribution >= 0.6 is 0 Å². The average molecular weight is 252 g/mol. The number of hydrogen-bond donors (Lipinski definition) is 1. The molecule has 0 atom stereocenters. The Labute approximate surface area is 113 Å². The van der Waals surface area contributed by atoms with Crippen molar-refractivity contribution in [1.29, 1.82) is 5.26 Å². The molecule has 0 heterocycles. The van der Waals surface area contributed by atoms with Crippen LogP contribution in [0.15, 0.2) is 48.5 Å². The molecule has 3 heteroatoms. The van der Waals surface area contributed by atoms with Gasteiger partial charge in [-0.25, -0.2) is 0 Å². The fourth-order valence-corrected chi connectivity index (χ4v) is 1.77. The van der Waals surface area contributed by atoms with Crippen molar-refractivity contribution in [1.82, 2.24) is 0 Å². The molecular formula is C16H16N2O. The summed E-state index contributed by atoms with van der Waals surface area (Å²) >= 11 is 0. The minimum atomic E-state index is 0.664. The molecular weight excluding hydrogens is 236 g/mol. The molecule has 0 saturated carbocycles. The molecule has 3 nitrogen and oxygen atoms in total. The zero-order valence-corrected chi connectivity index (χ0v) is 10.9. The van der Waals surface area contributed by atoms with Gasteiger partial charge in [0.05, 0.1) is 18.2 Å². The van der Waals surface area contributed by atoms with Crippen LogP contribution < -0.4 is 10.1 Å². The molecule has 0 aliphatic heterocycles. The highest BCUT2D eigenvalue weighted by molar-refractivity contribution is 5.49. The Morgan fingerprint density at radius 3 is 2.63 bits per heavy atom. The van der Waals surface area contributed by atoms with Gasteiger partial charge in [-0.2, -0.15) is 5.26 Å². The Morgan fingerprint density at radius 1 is 1.16 bits per heavy atom. The first-order valence-corrected chi connectivity index (χ1v) is 6.27. The minimum Gasteiger partial charge on any atom is -0.494 e. The van der Waals surface area contributed by atoms with Crippen molar-refractivity contribution in [2.75, 3.05) is 11.9 Å². The second kappa shape index (κ2) is 6.46. The first-order chi connectivity index (χ1) is 9.31. The number of anilines is 1. The van der Waals surface area contributed by atoms with Gasteiger partial charge < -0.3 is 10.1 Å². The van der Waals surface area contributed by atoms with Crippen molar-refractivity contribution < 1.29 is 4.74 Å². The van der Waals surface area contributed by atoms with Gasteiger partial charge >= 0.3 is 0 Å². The van der Waals surface area contributed by atoms with E-state index in [9.17, 15) is 0 Å². The topological polar surface area (TPSA) is 45.0 Å². The lowest BCUT2D eigenvalue weighted by Gasteiger charge is -2.08. The van der Waals surface area contributed by atoms with Gasteiger partial charge in [0.1, 0.15) is 5.75 Å². The van der Waals surface area contributed by atoms with Gasteiger partial charge in [-0.05, 0) is 42.8 Å². The molecule has 2 aromatic carbocycles. The van der Waals surface area contributed by atoms with Crippen molar-refractivity contribution in [3.8, 4) is 11.8 Å². The third kappa shape index (κ3) is 3.75. The van der Waals surface area contributed by atoms with E-state index < -0.39 is 0 Å². The van der Waals surface area contributed by atoms with E-state index in [1.54, 1.807) is 6.07 Å². The average Bonchev–Trinajstić information content (AvgIpc) is 2.47. The molecule has 0 saturated heterocycles. The zero-order chi connectivity index (χ0) is 13.5. The van der Waals surface area contributed by atoms with E-state index >= 15 is 0 Å². The summed E-state index contributed by atoms with van der Waals surface area (Å²) in [6, 6.07) is 17.6. The van der Waals surface area contributed by atoms with Gasteiger partial charge in [-0.3, -0.25) is 0 Å². The van der Waals surface area contributed by atoms with Crippen LogP contribution in [0.1, 0.15) is 18.1 Å². The summed E-state index contributed by atoms with van der Waals surface area (Å²) < 4.78 is 5.40. The zero-order valence-electron chi connectivity index (χ0n) is 10.9. The van der Waals surface area contributed by atoms with Crippen LogP contribution in [0, 0.1) is 11.3 Å². The Hall–Kier alpha value is -2.47. The number of rotatable bonds is 5. The largest absolute Gasteiger partial charge is 0.494 e. The highest BCUT2D eigenvalue weighted by Crippen LogP contribution is 2.14. The lowest BCUT2D eigenvalue weighted by molar-refractivity contribution is 0.340. The Kier molecular flexibility index (Phi) is 4.41. The summed E-state index contributed by atoms with van der Waals surface area (Å²) in [5, 5.41) is 12.1. The lowest BCUT2D eigenvalue weighted by atomic mass is 10.2. The summed E-state index contributed by atoms with van der Waals surface area (Å²) in [5.74, 6) is 0.887. The summed E-state index contributed by atoms with van der Waals surface area (Å²) in [6.07, 6.45) is 0. The molecule has 0 unspecified atom stereocenters. The Balaban J connectivity index is 1.96. The molecule has 2 rings (SSSR count). The summed E-state index contributed by atoms with van der Waals surface area (Å²) in [5.41, 5.74) is 2.79. The van der Waals surface area contributed by atoms with E-state index in [4.69, 9.17) is 10.00 Å². The van der Waals surface area contributed by atoms with Crippen LogP contribution in [0.5, 0.6) is 5.75 Å². The van der Waals surface area contributed by atoms with E-state index in [2.05, 4.69) is 11.4 Å². The van der Waals surface area contributed by atoms with Gasteiger partial charge in [0.2, 0.25) is 0 Å². The third-order valence-electron chi connectivity index (χ3n) is 2.72. The van der Waals surface area contributed by atoms with Gasteiger partial charge in [0.25, 0.3) is 0 Å². The van der Waals surface area contributed by atoms with Gasteiger partial charge in [0, 0.05) is 12.2 Å². The Bertz CT molecular complexity index is 570. The van der Waals surface area contributed by atoms with E-state index in [1.807, 2.05) is 49.4 Å². The molecule has 19 heavy (non-hydrogen) atoms. The second-order valence-corrected chi connectivity index (χ2v) is 4.12. The molecule has 0 fully saturated rings. The second-order valence-electron chi connectivity index (χ2n) is 4.12. The van der Waals surface area contributed by atoms with E-state index in [-0.39, 0.29) is 0 Å². The molecule has 0 spiro atoms. The normalized spacial score (nSPS) is 9.68. The standard InChI is InChI=1S/C16H16N2O/c1-2-19-16-8-6-13(7-9-16)12-18-15-5-3-4-14(10-15)11-17/h3-10,18H,2,12H2,1H3. The van der Waals surface area contributed by atoms with Gasteiger partial charge in [-0.1, -0.05) is 18.2 Å². The highest BCUT2D eigenvalue weighted by Gasteiger charge is 1.97. The maximum atomic E-state index is 8.84. The number of nitrogens with zero attached hydrogens (tertiary/aromatic N) is 1. The van der Waals surface area contributed by atoms with Crippen molar-refractivity contribution >= 4 is 5.69 Å². The van der Waals surface area contributed by atoms with E-state index in [1.165, 1.54) is 5.56 Å². The maximum Gasteiger partial charge on any atom is 0.119 e. The SMILES string of the molecule is CCOc1ccc(CNc2cccc(C#N)c2)cc1. The summed E-state index contributed by atoms with van der Waals surface area (Å²) in [7, 11) is 0. The molecule has 0 radical (unpaired) electrons. The molecule has 0 aliphatic rings. The first-order valence-electron chi connectivity index (χ1n) is 6.27. The van der Waals surface area contributed by atoms with E-state index in [0.717, 1.165) is 18.0 Å². The maximum absolute atomic E-state index is 8.84. The van der Waals surface area contributed by atoms with Crippen LogP contribution in [-0.2, 0) is 6.54 Å². The quantitative estimate of drug-likeness (QED) is 0.884. The lowest BCUT2D eigenvalue weighted by Crippen LogP contribution is -1.99. The van der Waals surface area contributed by atoms with Gasteiger partial charge in [0.15, 0.2) is 0 Å². The van der Waals surface area contributed by atoms with Crippen LogP contribution in [0.2, 0.25) is 0 Å². The Morgan fingerprint density at radius 2 is 1.95 bits per heavy atom. The molecule has 0 amide bonds. The number of benzene rings is 2. The molecule has 2 aromatic rings. The number of nitriles is 1. The predicted molar refractivity (Wildman–Crippen MR) is 76.1 cm³/mol. The number of nitrogens with one attached hydrogen (secondary N) is 1. The van der Waals surface area contributed by atoms with Crippen LogP contribution in [-0.4, -0.2) is 6.61 Å². The van der Waals surface area contributed by atoms with Crippen molar-refractivity contribution in [3.05, 3.63) is 59.7 Å². The highest BCUT2D eigenvalue weighted by atomic mass is 16.5. The number of ether oxygens (including phenoxy) is 1.